The first-order valence-electron chi connectivity index (χ1n) is 4.74. The molecule has 0 amide bonds. The zero-order valence-corrected chi connectivity index (χ0v) is 9.77. The third kappa shape index (κ3) is 1.59. The molecule has 0 radical (unpaired) electrons. The number of nitrogens with zero attached hydrogens (tertiary/aromatic N) is 3. The van der Waals surface area contributed by atoms with Crippen LogP contribution < -0.4 is 0 Å². The number of aromatic nitrogens is 4. The quantitative estimate of drug-likeness (QED) is 0.743. The van der Waals surface area contributed by atoms with Crippen molar-refractivity contribution in [3.05, 3.63) is 41.4 Å². The van der Waals surface area contributed by atoms with Gasteiger partial charge in [0.05, 0.1) is 23.6 Å². The third-order valence-electron chi connectivity index (χ3n) is 2.26. The largest absolute Gasteiger partial charge is 0.351 e. The van der Waals surface area contributed by atoms with Gasteiger partial charge in [-0.05, 0) is 18.2 Å². The summed E-state index contributed by atoms with van der Waals surface area (Å²) in [7, 11) is 0. The predicted molar refractivity (Wildman–Crippen MR) is 64.8 cm³/mol. The van der Waals surface area contributed by atoms with E-state index >= 15 is 0 Å². The van der Waals surface area contributed by atoms with Crippen LogP contribution in [0.4, 0.5) is 0 Å². The SMILES string of the molecule is Brc1ccc2nc(-c3c[nH]cn3)cnc2c1. The van der Waals surface area contributed by atoms with Crippen LogP contribution in [0.15, 0.2) is 41.4 Å². The van der Waals surface area contributed by atoms with Crippen molar-refractivity contribution in [2.75, 3.05) is 0 Å². The molecule has 78 valence electrons. The van der Waals surface area contributed by atoms with Gasteiger partial charge in [-0.2, -0.15) is 0 Å². The summed E-state index contributed by atoms with van der Waals surface area (Å²) in [6, 6.07) is 5.82. The summed E-state index contributed by atoms with van der Waals surface area (Å²) in [5.41, 5.74) is 3.31. The summed E-state index contributed by atoms with van der Waals surface area (Å²) >= 11 is 3.40. The molecule has 5 heteroatoms. The van der Waals surface area contributed by atoms with Crippen LogP contribution in [0.5, 0.6) is 0 Å². The van der Waals surface area contributed by atoms with E-state index in [1.165, 1.54) is 0 Å². The van der Waals surface area contributed by atoms with E-state index in [2.05, 4.69) is 35.9 Å². The molecule has 0 aliphatic carbocycles. The highest BCUT2D eigenvalue weighted by molar-refractivity contribution is 9.10. The first-order valence-corrected chi connectivity index (χ1v) is 5.54. The molecular formula is C11H7BrN4. The van der Waals surface area contributed by atoms with Crippen molar-refractivity contribution in [3.63, 3.8) is 0 Å². The Balaban J connectivity index is 2.20. The van der Waals surface area contributed by atoms with Crippen LogP contribution in [0.25, 0.3) is 22.4 Å². The van der Waals surface area contributed by atoms with E-state index in [0.717, 1.165) is 26.9 Å². The Morgan fingerprint density at radius 1 is 1.06 bits per heavy atom. The van der Waals surface area contributed by atoms with E-state index in [9.17, 15) is 0 Å². The molecule has 0 aliphatic heterocycles. The lowest BCUT2D eigenvalue weighted by atomic mass is 10.3. The Hall–Kier alpha value is -1.75. The molecule has 1 N–H and O–H groups in total. The van der Waals surface area contributed by atoms with E-state index in [-0.39, 0.29) is 0 Å². The molecule has 2 heterocycles. The van der Waals surface area contributed by atoms with Crippen LogP contribution in [0.2, 0.25) is 0 Å². The Labute approximate surface area is 99.9 Å². The fourth-order valence-electron chi connectivity index (χ4n) is 1.51. The third-order valence-corrected chi connectivity index (χ3v) is 2.76. The van der Waals surface area contributed by atoms with Crippen LogP contribution in [0.1, 0.15) is 0 Å². The number of rotatable bonds is 1. The maximum absolute atomic E-state index is 4.49. The summed E-state index contributed by atoms with van der Waals surface area (Å²) in [6.45, 7) is 0. The van der Waals surface area contributed by atoms with E-state index in [1.807, 2.05) is 18.2 Å². The van der Waals surface area contributed by atoms with Crippen LogP contribution in [-0.2, 0) is 0 Å². The highest BCUT2D eigenvalue weighted by Crippen LogP contribution is 2.19. The second-order valence-electron chi connectivity index (χ2n) is 3.34. The van der Waals surface area contributed by atoms with E-state index in [1.54, 1.807) is 18.7 Å². The van der Waals surface area contributed by atoms with Gasteiger partial charge in [0.25, 0.3) is 0 Å². The van der Waals surface area contributed by atoms with Crippen LogP contribution in [0.3, 0.4) is 0 Å². The zero-order valence-electron chi connectivity index (χ0n) is 8.18. The minimum atomic E-state index is 0.774. The molecule has 2 aromatic heterocycles. The number of aromatic amines is 1. The molecule has 0 fully saturated rings. The maximum atomic E-state index is 4.49. The van der Waals surface area contributed by atoms with Crippen LogP contribution >= 0.6 is 15.9 Å². The van der Waals surface area contributed by atoms with Gasteiger partial charge in [-0.15, -0.1) is 0 Å². The summed E-state index contributed by atoms with van der Waals surface area (Å²) in [6.07, 6.45) is 5.16. The van der Waals surface area contributed by atoms with Crippen molar-refractivity contribution in [2.24, 2.45) is 0 Å². The number of imidazole rings is 1. The van der Waals surface area contributed by atoms with Gasteiger partial charge in [-0.1, -0.05) is 15.9 Å². The Morgan fingerprint density at radius 2 is 2.00 bits per heavy atom. The summed E-state index contributed by atoms with van der Waals surface area (Å²) in [5.74, 6) is 0. The second kappa shape index (κ2) is 3.68. The zero-order chi connectivity index (χ0) is 11.0. The number of fused-ring (bicyclic) bond motifs is 1. The average Bonchev–Trinajstić information content (AvgIpc) is 2.82. The molecule has 16 heavy (non-hydrogen) atoms. The predicted octanol–water partition coefficient (Wildman–Crippen LogP) is 2.78. The molecular weight excluding hydrogens is 268 g/mol. The highest BCUT2D eigenvalue weighted by atomic mass is 79.9. The van der Waals surface area contributed by atoms with Crippen molar-refractivity contribution in [1.29, 1.82) is 0 Å². The first kappa shape index (κ1) is 9.47. The lowest BCUT2D eigenvalue weighted by Gasteiger charge is -1.99. The summed E-state index contributed by atoms with van der Waals surface area (Å²) in [4.78, 5) is 15.9. The number of halogens is 1. The van der Waals surface area contributed by atoms with Crippen LogP contribution in [-0.4, -0.2) is 19.9 Å². The van der Waals surface area contributed by atoms with Gasteiger partial charge in [0.2, 0.25) is 0 Å². The standard InChI is InChI=1S/C11H7BrN4/c12-7-1-2-8-9(3-7)14-5-11(16-8)10-4-13-6-15-10/h1-6H,(H,13,15). The number of hydrogen-bond acceptors (Lipinski definition) is 3. The van der Waals surface area contributed by atoms with E-state index in [0.29, 0.717) is 0 Å². The molecule has 0 atom stereocenters. The van der Waals surface area contributed by atoms with E-state index < -0.39 is 0 Å². The average molecular weight is 275 g/mol. The Kier molecular flexibility index (Phi) is 2.18. The molecule has 0 unspecified atom stereocenters. The molecule has 4 nitrogen and oxygen atoms in total. The molecule has 0 saturated heterocycles. The molecule has 0 bridgehead atoms. The van der Waals surface area contributed by atoms with Crippen molar-refractivity contribution in [3.8, 4) is 11.4 Å². The fraction of sp³-hybridized carbons (Fsp3) is 0. The lowest BCUT2D eigenvalue weighted by Crippen LogP contribution is -1.88. The minimum Gasteiger partial charge on any atom is -0.351 e. The van der Waals surface area contributed by atoms with Gasteiger partial charge >= 0.3 is 0 Å². The minimum absolute atomic E-state index is 0.774. The Bertz CT molecular complexity index is 634. The lowest BCUT2D eigenvalue weighted by molar-refractivity contribution is 1.25. The summed E-state index contributed by atoms with van der Waals surface area (Å²) in [5, 5.41) is 0. The highest BCUT2D eigenvalue weighted by Gasteiger charge is 2.04. The molecule has 0 aliphatic rings. The van der Waals surface area contributed by atoms with Gasteiger partial charge in [-0.3, -0.25) is 4.98 Å². The smallest absolute Gasteiger partial charge is 0.109 e. The number of benzene rings is 1. The maximum Gasteiger partial charge on any atom is 0.109 e. The van der Waals surface area contributed by atoms with Crippen molar-refractivity contribution >= 4 is 27.0 Å². The van der Waals surface area contributed by atoms with Gasteiger partial charge in [0, 0.05) is 10.7 Å². The van der Waals surface area contributed by atoms with Crippen LogP contribution in [0, 0.1) is 0 Å². The normalized spacial score (nSPS) is 10.8. The van der Waals surface area contributed by atoms with E-state index in [4.69, 9.17) is 0 Å². The Morgan fingerprint density at radius 3 is 2.81 bits per heavy atom. The molecule has 1 aromatic carbocycles. The topological polar surface area (TPSA) is 54.5 Å². The van der Waals surface area contributed by atoms with Crippen molar-refractivity contribution in [2.45, 2.75) is 0 Å². The fourth-order valence-corrected chi connectivity index (χ4v) is 1.86. The molecule has 3 aromatic rings. The van der Waals surface area contributed by atoms with Gasteiger partial charge in [0.15, 0.2) is 0 Å². The van der Waals surface area contributed by atoms with Crippen molar-refractivity contribution < 1.29 is 0 Å². The molecule has 0 spiro atoms. The second-order valence-corrected chi connectivity index (χ2v) is 4.26. The summed E-state index contributed by atoms with van der Waals surface area (Å²) < 4.78 is 1.00. The monoisotopic (exact) mass is 274 g/mol. The van der Waals surface area contributed by atoms with Crippen molar-refractivity contribution in [1.82, 2.24) is 19.9 Å². The van der Waals surface area contributed by atoms with Gasteiger partial charge in [0.1, 0.15) is 11.4 Å². The number of nitrogens with one attached hydrogen (secondary N) is 1. The molecule has 0 saturated carbocycles. The first-order chi connectivity index (χ1) is 7.83. The molecule has 3 rings (SSSR count). The number of H-pyrrole nitrogens is 1. The number of hydrogen-bond donors (Lipinski definition) is 1. The van der Waals surface area contributed by atoms with Gasteiger partial charge < -0.3 is 4.98 Å². The van der Waals surface area contributed by atoms with Gasteiger partial charge in [-0.25, -0.2) is 9.97 Å².